The lowest BCUT2D eigenvalue weighted by molar-refractivity contribution is -0.870. The van der Waals surface area contributed by atoms with Crippen molar-refractivity contribution in [3.05, 3.63) is 24.3 Å². The van der Waals surface area contributed by atoms with E-state index in [4.69, 9.17) is 9.05 Å². The van der Waals surface area contributed by atoms with Gasteiger partial charge in [0.1, 0.15) is 13.2 Å². The highest BCUT2D eigenvalue weighted by molar-refractivity contribution is 7.45. The largest absolute Gasteiger partial charge is 0.756 e. The van der Waals surface area contributed by atoms with Crippen molar-refractivity contribution in [1.82, 2.24) is 5.32 Å². The summed E-state index contributed by atoms with van der Waals surface area (Å²) in [5.74, 6) is -0.194. The van der Waals surface area contributed by atoms with Gasteiger partial charge >= 0.3 is 0 Å². The van der Waals surface area contributed by atoms with Gasteiger partial charge in [-0.25, -0.2) is 0 Å². The highest BCUT2D eigenvalue weighted by atomic mass is 31.2. The van der Waals surface area contributed by atoms with Crippen LogP contribution in [-0.2, 0) is 18.4 Å². The number of amides is 1. The maximum atomic E-state index is 12.9. The SMILES string of the molecule is CCCCCCCCCC/C=C\CCCCCCCCCCCCCCCC(=O)NC(COP(=O)([O-])OCC[N+](C)(C)C)C(O)/C=C/CCCCCCCCCCCCCCCCC. The van der Waals surface area contributed by atoms with Gasteiger partial charge in [0.15, 0.2) is 0 Å². The minimum atomic E-state index is -4.59. The second-order valence-corrected chi connectivity index (χ2v) is 21.7. The van der Waals surface area contributed by atoms with E-state index in [2.05, 4.69) is 31.3 Å². The van der Waals surface area contributed by atoms with Crippen LogP contribution in [0.15, 0.2) is 24.3 Å². The number of hydrogen-bond acceptors (Lipinski definition) is 6. The zero-order chi connectivity index (χ0) is 47.1. The van der Waals surface area contributed by atoms with Crippen LogP contribution in [-0.4, -0.2) is 68.5 Å². The summed E-state index contributed by atoms with van der Waals surface area (Å²) >= 11 is 0. The van der Waals surface area contributed by atoms with Gasteiger partial charge in [0.2, 0.25) is 5.91 Å². The van der Waals surface area contributed by atoms with Crippen LogP contribution in [0.2, 0.25) is 0 Å². The number of carbonyl (C=O) groups is 1. The van der Waals surface area contributed by atoms with Gasteiger partial charge in [-0.05, 0) is 44.9 Å². The Labute approximate surface area is 398 Å². The van der Waals surface area contributed by atoms with Crippen molar-refractivity contribution in [2.75, 3.05) is 40.9 Å². The Morgan fingerprint density at radius 1 is 0.531 bits per heavy atom. The van der Waals surface area contributed by atoms with Gasteiger partial charge in [0.05, 0.1) is 39.9 Å². The fraction of sp³-hybridized carbons (Fsp3) is 0.909. The van der Waals surface area contributed by atoms with Crippen molar-refractivity contribution in [2.24, 2.45) is 0 Å². The summed E-state index contributed by atoms with van der Waals surface area (Å²) in [5.41, 5.74) is 0. The Bertz CT molecular complexity index is 1090. The van der Waals surface area contributed by atoms with Gasteiger partial charge < -0.3 is 28.8 Å². The minimum absolute atomic E-state index is 0.000914. The monoisotopic (exact) mass is 925 g/mol. The van der Waals surface area contributed by atoms with Crippen molar-refractivity contribution in [2.45, 2.75) is 283 Å². The van der Waals surface area contributed by atoms with Crippen LogP contribution in [0.5, 0.6) is 0 Å². The number of hydrogen-bond donors (Lipinski definition) is 2. The van der Waals surface area contributed by atoms with Crippen LogP contribution in [0, 0.1) is 0 Å². The van der Waals surface area contributed by atoms with E-state index in [1.807, 2.05) is 27.2 Å². The molecule has 0 radical (unpaired) electrons. The van der Waals surface area contributed by atoms with Crippen molar-refractivity contribution in [3.8, 4) is 0 Å². The first-order valence-electron chi connectivity index (χ1n) is 27.7. The van der Waals surface area contributed by atoms with Crippen LogP contribution in [0.25, 0.3) is 0 Å². The summed E-state index contributed by atoms with van der Waals surface area (Å²) in [4.78, 5) is 25.5. The summed E-state index contributed by atoms with van der Waals surface area (Å²) in [6.07, 6.45) is 58.1. The molecule has 1 amide bonds. The normalized spacial score (nSPS) is 14.2. The predicted molar refractivity (Wildman–Crippen MR) is 275 cm³/mol. The van der Waals surface area contributed by atoms with E-state index in [0.717, 1.165) is 38.5 Å². The quantitative estimate of drug-likeness (QED) is 0.0272. The van der Waals surface area contributed by atoms with Gasteiger partial charge in [-0.1, -0.05) is 244 Å². The van der Waals surface area contributed by atoms with Gasteiger partial charge in [-0.3, -0.25) is 9.36 Å². The Hall–Kier alpha value is -1.02. The van der Waals surface area contributed by atoms with E-state index < -0.39 is 20.0 Å². The highest BCUT2D eigenvalue weighted by Crippen LogP contribution is 2.38. The number of quaternary nitrogens is 1. The number of phosphoric ester groups is 1. The standard InChI is InChI=1S/C55H109N2O6P/c1-6-8-10-12-14-16-18-20-22-24-25-26-27-28-29-30-31-33-35-37-39-41-43-45-47-49-55(59)56-53(52-63-64(60,61)62-51-50-57(3,4)5)54(58)48-46-44-42-40-38-36-34-32-23-21-19-17-15-13-11-9-7-2/h24-25,46,48,53-54,58H,6-23,26-45,47,49-52H2,1-5H3,(H-,56,59,60,61)/b25-24-,48-46+. The third-order valence-corrected chi connectivity index (χ3v) is 13.6. The molecular formula is C55H109N2O6P. The lowest BCUT2D eigenvalue weighted by Gasteiger charge is -2.29. The second kappa shape index (κ2) is 47.1. The van der Waals surface area contributed by atoms with Crippen molar-refractivity contribution >= 4 is 13.7 Å². The lowest BCUT2D eigenvalue weighted by atomic mass is 10.0. The first-order chi connectivity index (χ1) is 31.0. The maximum absolute atomic E-state index is 12.9. The molecule has 0 aliphatic carbocycles. The smallest absolute Gasteiger partial charge is 0.268 e. The number of allylic oxidation sites excluding steroid dienone is 3. The maximum Gasteiger partial charge on any atom is 0.268 e. The zero-order valence-electron chi connectivity index (χ0n) is 43.3. The highest BCUT2D eigenvalue weighted by Gasteiger charge is 2.23. The van der Waals surface area contributed by atoms with E-state index in [1.54, 1.807) is 6.08 Å². The van der Waals surface area contributed by atoms with Crippen molar-refractivity contribution in [3.63, 3.8) is 0 Å². The summed E-state index contributed by atoms with van der Waals surface area (Å²) in [6, 6.07) is -0.884. The number of likely N-dealkylation sites (N-methyl/N-ethyl adjacent to an activating group) is 1. The molecule has 3 unspecified atom stereocenters. The van der Waals surface area contributed by atoms with E-state index in [0.29, 0.717) is 17.4 Å². The summed E-state index contributed by atoms with van der Waals surface area (Å²) in [7, 11) is 1.27. The first-order valence-corrected chi connectivity index (χ1v) is 29.2. The molecule has 0 saturated heterocycles. The minimum Gasteiger partial charge on any atom is -0.756 e. The first kappa shape index (κ1) is 63.0. The molecule has 8 nitrogen and oxygen atoms in total. The van der Waals surface area contributed by atoms with Crippen LogP contribution in [0.1, 0.15) is 271 Å². The molecule has 0 saturated carbocycles. The molecule has 0 aromatic heterocycles. The van der Waals surface area contributed by atoms with Crippen LogP contribution >= 0.6 is 7.82 Å². The number of aliphatic hydroxyl groups is 1. The molecule has 64 heavy (non-hydrogen) atoms. The Balaban J connectivity index is 4.19. The van der Waals surface area contributed by atoms with Crippen molar-refractivity contribution in [1.29, 1.82) is 0 Å². The van der Waals surface area contributed by atoms with Crippen LogP contribution in [0.4, 0.5) is 0 Å². The molecule has 0 fully saturated rings. The summed E-state index contributed by atoms with van der Waals surface area (Å²) in [5, 5.41) is 13.9. The molecule has 0 spiro atoms. The van der Waals surface area contributed by atoms with E-state index in [-0.39, 0.29) is 19.1 Å². The van der Waals surface area contributed by atoms with E-state index >= 15 is 0 Å². The molecule has 0 aromatic rings. The average Bonchev–Trinajstić information content (AvgIpc) is 3.25. The molecule has 0 aromatic carbocycles. The number of rotatable bonds is 51. The van der Waals surface area contributed by atoms with Crippen LogP contribution in [0.3, 0.4) is 0 Å². The number of aliphatic hydroxyl groups excluding tert-OH is 1. The number of nitrogens with zero attached hydrogens (tertiary/aromatic N) is 1. The zero-order valence-corrected chi connectivity index (χ0v) is 44.1. The van der Waals surface area contributed by atoms with Gasteiger partial charge in [0.25, 0.3) is 7.82 Å². The molecule has 0 bridgehead atoms. The van der Waals surface area contributed by atoms with Crippen molar-refractivity contribution < 1.29 is 32.9 Å². The van der Waals surface area contributed by atoms with E-state index in [1.165, 1.54) is 212 Å². The molecule has 0 rings (SSSR count). The van der Waals surface area contributed by atoms with Gasteiger partial charge in [-0.2, -0.15) is 0 Å². The van der Waals surface area contributed by atoms with E-state index in [9.17, 15) is 19.4 Å². The number of nitrogens with one attached hydrogen (secondary N) is 1. The molecule has 0 aliphatic rings. The average molecular weight is 925 g/mol. The Morgan fingerprint density at radius 2 is 0.859 bits per heavy atom. The summed E-state index contributed by atoms with van der Waals surface area (Å²) in [6.45, 7) is 4.68. The molecule has 0 aliphatic heterocycles. The third-order valence-electron chi connectivity index (χ3n) is 12.7. The molecule has 9 heteroatoms. The Morgan fingerprint density at radius 3 is 1.22 bits per heavy atom. The second-order valence-electron chi connectivity index (χ2n) is 20.3. The van der Waals surface area contributed by atoms with Gasteiger partial charge in [0, 0.05) is 6.42 Å². The number of carbonyl (C=O) groups excluding carboxylic acids is 1. The van der Waals surface area contributed by atoms with Gasteiger partial charge in [-0.15, -0.1) is 0 Å². The topological polar surface area (TPSA) is 108 Å². The van der Waals surface area contributed by atoms with Crippen LogP contribution < -0.4 is 10.2 Å². The molecular weight excluding hydrogens is 816 g/mol. The molecule has 0 heterocycles. The molecule has 3 atom stereocenters. The number of phosphoric acid groups is 1. The Kier molecular flexibility index (Phi) is 46.3. The third kappa shape index (κ3) is 48.9. The fourth-order valence-electron chi connectivity index (χ4n) is 8.27. The number of unbranched alkanes of at least 4 members (excludes halogenated alkanes) is 36. The lowest BCUT2D eigenvalue weighted by Crippen LogP contribution is -2.45. The summed E-state index contributed by atoms with van der Waals surface area (Å²) < 4.78 is 23.3. The fourth-order valence-corrected chi connectivity index (χ4v) is 8.99. The molecule has 380 valence electrons. The predicted octanol–water partition coefficient (Wildman–Crippen LogP) is 15.8. The molecule has 2 N–H and O–H groups in total.